The summed E-state index contributed by atoms with van der Waals surface area (Å²) in [5.41, 5.74) is 3.41. The molecule has 41 heavy (non-hydrogen) atoms. The molecule has 1 amide bonds. The number of rotatable bonds is 11. The van der Waals surface area contributed by atoms with Crippen LogP contribution in [0.15, 0.2) is 78.4 Å². The molecule has 3 aromatic rings. The smallest absolute Gasteiger partial charge is 0.295 e. The van der Waals surface area contributed by atoms with Gasteiger partial charge in [-0.1, -0.05) is 56.3 Å². The van der Waals surface area contributed by atoms with E-state index in [1.807, 2.05) is 73.7 Å². The van der Waals surface area contributed by atoms with Gasteiger partial charge in [0, 0.05) is 18.5 Å². The number of carbonyl (C=O) groups is 2. The maximum atomic E-state index is 13.5. The van der Waals surface area contributed by atoms with Crippen LogP contribution in [-0.2, 0) is 22.6 Å². The minimum absolute atomic E-state index is 0.0569. The maximum Gasteiger partial charge on any atom is 0.295 e. The van der Waals surface area contributed by atoms with Crippen molar-refractivity contribution in [2.24, 2.45) is 0 Å². The lowest BCUT2D eigenvalue weighted by Gasteiger charge is -2.27. The zero-order chi connectivity index (χ0) is 28.9. The van der Waals surface area contributed by atoms with Gasteiger partial charge in [0.05, 0.1) is 11.6 Å². The highest BCUT2D eigenvalue weighted by molar-refractivity contribution is 6.46. The van der Waals surface area contributed by atoms with Gasteiger partial charge < -0.3 is 24.4 Å². The molecule has 3 aromatic carbocycles. The minimum Gasteiger partial charge on any atom is -0.507 e. The van der Waals surface area contributed by atoms with Gasteiger partial charge in [-0.3, -0.25) is 9.59 Å². The molecule has 1 saturated heterocycles. The lowest BCUT2D eigenvalue weighted by atomic mass is 9.94. The van der Waals surface area contributed by atoms with Crippen LogP contribution < -0.4 is 9.47 Å². The molecule has 0 saturated carbocycles. The van der Waals surface area contributed by atoms with Gasteiger partial charge in [-0.15, -0.1) is 0 Å². The first-order chi connectivity index (χ1) is 19.9. The molecule has 0 aromatic heterocycles. The Morgan fingerprint density at radius 2 is 1.76 bits per heavy atom. The molecule has 0 aliphatic carbocycles. The third-order valence-electron chi connectivity index (χ3n) is 7.92. The second-order valence-electron chi connectivity index (χ2n) is 10.7. The van der Waals surface area contributed by atoms with Gasteiger partial charge in [0.1, 0.15) is 30.0 Å². The van der Waals surface area contributed by atoms with E-state index in [4.69, 9.17) is 9.47 Å². The predicted molar refractivity (Wildman–Crippen MR) is 159 cm³/mol. The van der Waals surface area contributed by atoms with Crippen molar-refractivity contribution in [1.29, 1.82) is 0 Å². The van der Waals surface area contributed by atoms with Crippen LogP contribution >= 0.6 is 0 Å². The van der Waals surface area contributed by atoms with Gasteiger partial charge in [-0.2, -0.15) is 0 Å². The predicted octanol–water partition coefficient (Wildman–Crippen LogP) is 5.74. The topological polar surface area (TPSA) is 79.3 Å². The second-order valence-corrected chi connectivity index (χ2v) is 10.7. The van der Waals surface area contributed by atoms with Crippen molar-refractivity contribution in [1.82, 2.24) is 9.80 Å². The average molecular weight is 555 g/mol. The molecule has 214 valence electrons. The van der Waals surface area contributed by atoms with Gasteiger partial charge in [0.25, 0.3) is 11.7 Å². The van der Waals surface area contributed by atoms with Crippen LogP contribution in [0.25, 0.3) is 5.76 Å². The number of benzene rings is 3. The Labute approximate surface area is 242 Å². The van der Waals surface area contributed by atoms with Gasteiger partial charge in [-0.05, 0) is 80.0 Å². The third-order valence-corrected chi connectivity index (χ3v) is 7.92. The van der Waals surface area contributed by atoms with Gasteiger partial charge in [0.15, 0.2) is 0 Å². The highest BCUT2D eigenvalue weighted by Crippen LogP contribution is 2.41. The SMILES string of the molecule is CCN(CC)CCCN1C(=O)C(=O)C(=C(O)c2ccc3c(c2)C[C@H](C)O3)[C@H]1c1ccc(OCc2ccccc2)cc1. The third kappa shape index (κ3) is 6.15. The van der Waals surface area contributed by atoms with E-state index in [-0.39, 0.29) is 17.4 Å². The van der Waals surface area contributed by atoms with E-state index in [1.54, 1.807) is 11.0 Å². The van der Waals surface area contributed by atoms with Crippen LogP contribution in [0.3, 0.4) is 0 Å². The molecule has 1 N–H and O–H groups in total. The minimum atomic E-state index is -0.696. The molecular formula is C34H38N2O5. The fourth-order valence-electron chi connectivity index (χ4n) is 5.67. The monoisotopic (exact) mass is 554 g/mol. The van der Waals surface area contributed by atoms with E-state index in [2.05, 4.69) is 18.7 Å². The number of likely N-dealkylation sites (tertiary alicyclic amines) is 1. The summed E-state index contributed by atoms with van der Waals surface area (Å²) in [5, 5.41) is 11.5. The molecule has 2 atom stereocenters. The van der Waals surface area contributed by atoms with E-state index in [0.29, 0.717) is 24.5 Å². The van der Waals surface area contributed by atoms with Crippen molar-refractivity contribution in [3.05, 3.63) is 101 Å². The van der Waals surface area contributed by atoms with Crippen molar-refractivity contribution in [3.8, 4) is 11.5 Å². The van der Waals surface area contributed by atoms with Crippen LogP contribution in [0.5, 0.6) is 11.5 Å². The largest absolute Gasteiger partial charge is 0.507 e. The molecule has 0 bridgehead atoms. The number of amides is 1. The normalized spacial score (nSPS) is 19.5. The Hall–Kier alpha value is -4.10. The number of ketones is 1. The molecule has 2 heterocycles. The first-order valence-electron chi connectivity index (χ1n) is 14.5. The van der Waals surface area contributed by atoms with E-state index in [0.717, 1.165) is 54.9 Å². The number of aliphatic hydroxyl groups is 1. The first kappa shape index (κ1) is 28.4. The summed E-state index contributed by atoms with van der Waals surface area (Å²) in [7, 11) is 0. The van der Waals surface area contributed by atoms with Gasteiger partial charge in [0.2, 0.25) is 0 Å². The number of Topliss-reactive ketones (excluding diaryl/α,β-unsaturated/α-hetero) is 1. The summed E-state index contributed by atoms with van der Waals surface area (Å²) in [5.74, 6) is 0.0622. The van der Waals surface area contributed by atoms with Gasteiger partial charge in [-0.25, -0.2) is 0 Å². The van der Waals surface area contributed by atoms with Crippen LogP contribution in [0.4, 0.5) is 0 Å². The van der Waals surface area contributed by atoms with E-state index < -0.39 is 17.7 Å². The second kappa shape index (κ2) is 12.6. The molecule has 5 rings (SSSR count). The zero-order valence-electron chi connectivity index (χ0n) is 24.0. The number of hydrogen-bond acceptors (Lipinski definition) is 6. The Morgan fingerprint density at radius 3 is 2.46 bits per heavy atom. The van der Waals surface area contributed by atoms with Crippen molar-refractivity contribution in [2.45, 2.75) is 52.4 Å². The fourth-order valence-corrected chi connectivity index (χ4v) is 5.67. The number of hydrogen-bond donors (Lipinski definition) is 1. The number of carbonyl (C=O) groups excluding carboxylic acids is 2. The van der Waals surface area contributed by atoms with Crippen molar-refractivity contribution in [2.75, 3.05) is 26.2 Å². The van der Waals surface area contributed by atoms with Crippen LogP contribution in [0, 0.1) is 0 Å². The molecule has 7 heteroatoms. The average Bonchev–Trinajstić information content (AvgIpc) is 3.49. The van der Waals surface area contributed by atoms with Crippen LogP contribution in [0.2, 0.25) is 0 Å². The van der Waals surface area contributed by atoms with E-state index in [1.165, 1.54) is 0 Å². The summed E-state index contributed by atoms with van der Waals surface area (Å²) >= 11 is 0. The summed E-state index contributed by atoms with van der Waals surface area (Å²) < 4.78 is 11.8. The van der Waals surface area contributed by atoms with Gasteiger partial charge >= 0.3 is 0 Å². The number of nitrogens with zero attached hydrogens (tertiary/aromatic N) is 2. The highest BCUT2D eigenvalue weighted by Gasteiger charge is 2.46. The first-order valence-corrected chi connectivity index (χ1v) is 14.5. The molecule has 2 aliphatic rings. The Kier molecular flexibility index (Phi) is 8.74. The van der Waals surface area contributed by atoms with E-state index in [9.17, 15) is 14.7 Å². The Balaban J connectivity index is 1.46. The summed E-state index contributed by atoms with van der Waals surface area (Å²) in [6.45, 7) is 9.72. The molecule has 0 unspecified atom stereocenters. The summed E-state index contributed by atoms with van der Waals surface area (Å²) in [6, 6.07) is 22.1. The molecule has 7 nitrogen and oxygen atoms in total. The number of aliphatic hydroxyl groups excluding tert-OH is 1. The lowest BCUT2D eigenvalue weighted by Crippen LogP contribution is -2.33. The standard InChI is InChI=1S/C34H38N2O5/c1-4-35(5-2)18-9-19-36-31(25-12-15-28(16-13-25)40-22-24-10-7-6-8-11-24)30(33(38)34(36)39)32(37)26-14-17-29-27(21-26)20-23(3)41-29/h6-8,10-17,21,23,31,37H,4-5,9,18-20,22H2,1-3H3/t23-,31+/m0/s1. The van der Waals surface area contributed by atoms with Crippen LogP contribution in [-0.4, -0.2) is 58.9 Å². The van der Waals surface area contributed by atoms with Crippen molar-refractivity contribution < 1.29 is 24.2 Å². The molecule has 2 aliphatic heterocycles. The highest BCUT2D eigenvalue weighted by atomic mass is 16.5. The molecule has 0 spiro atoms. The van der Waals surface area contributed by atoms with Crippen LogP contribution in [0.1, 0.15) is 55.5 Å². The van der Waals surface area contributed by atoms with Crippen molar-refractivity contribution in [3.63, 3.8) is 0 Å². The Bertz CT molecular complexity index is 1410. The number of fused-ring (bicyclic) bond motifs is 1. The Morgan fingerprint density at radius 1 is 1.02 bits per heavy atom. The zero-order valence-corrected chi connectivity index (χ0v) is 24.0. The summed E-state index contributed by atoms with van der Waals surface area (Å²) in [4.78, 5) is 30.7. The van der Waals surface area contributed by atoms with E-state index >= 15 is 0 Å². The number of ether oxygens (including phenoxy) is 2. The lowest BCUT2D eigenvalue weighted by molar-refractivity contribution is -0.140. The molecule has 0 radical (unpaired) electrons. The maximum absolute atomic E-state index is 13.5. The molecular weight excluding hydrogens is 516 g/mol. The van der Waals surface area contributed by atoms with Crippen molar-refractivity contribution >= 4 is 17.4 Å². The quantitative estimate of drug-likeness (QED) is 0.185. The summed E-state index contributed by atoms with van der Waals surface area (Å²) in [6.07, 6.45) is 1.50. The fraction of sp³-hybridized carbons (Fsp3) is 0.353. The molecule has 1 fully saturated rings.